The Bertz CT molecular complexity index is 605. The van der Waals surface area contributed by atoms with E-state index in [4.69, 9.17) is 28.9 Å². The molecule has 2 rings (SSSR count). The zero-order valence-corrected chi connectivity index (χ0v) is 13.6. The van der Waals surface area contributed by atoms with Crippen LogP contribution in [-0.4, -0.2) is 25.3 Å². The first-order valence-electron chi connectivity index (χ1n) is 6.58. The van der Waals surface area contributed by atoms with E-state index in [9.17, 15) is 8.42 Å². The van der Waals surface area contributed by atoms with Crippen molar-refractivity contribution >= 4 is 33.2 Å². The number of rotatable bonds is 3. The Morgan fingerprint density at radius 3 is 2.65 bits per heavy atom. The molecule has 0 saturated carbocycles. The first-order chi connectivity index (χ1) is 9.39. The van der Waals surface area contributed by atoms with Crippen LogP contribution in [0.3, 0.4) is 0 Å². The van der Waals surface area contributed by atoms with Gasteiger partial charge in [-0.15, -0.1) is 0 Å². The fraction of sp³-hybridized carbons (Fsp3) is 0.538. The summed E-state index contributed by atoms with van der Waals surface area (Å²) >= 11 is 12.2. The molecular formula is C13H18Cl2N2O2S. The summed E-state index contributed by atoms with van der Waals surface area (Å²) in [6.45, 7) is 2.56. The number of halogens is 2. The molecule has 0 spiro atoms. The van der Waals surface area contributed by atoms with Gasteiger partial charge in [-0.25, -0.2) is 8.42 Å². The summed E-state index contributed by atoms with van der Waals surface area (Å²) in [7, 11) is -3.60. The van der Waals surface area contributed by atoms with E-state index in [1.807, 2.05) is 6.92 Å². The summed E-state index contributed by atoms with van der Waals surface area (Å²) in [5, 5.41) is 0.529. The van der Waals surface area contributed by atoms with Crippen LogP contribution in [0.4, 0.5) is 0 Å². The van der Waals surface area contributed by atoms with Gasteiger partial charge in [0.1, 0.15) is 4.90 Å². The number of nitrogens with zero attached hydrogens (tertiary/aromatic N) is 1. The largest absolute Gasteiger partial charge is 0.326 e. The van der Waals surface area contributed by atoms with Crippen molar-refractivity contribution in [2.75, 3.05) is 6.54 Å². The molecule has 7 heteroatoms. The zero-order valence-electron chi connectivity index (χ0n) is 11.3. The lowest BCUT2D eigenvalue weighted by molar-refractivity contribution is 0.268. The maximum absolute atomic E-state index is 12.8. The van der Waals surface area contributed by atoms with E-state index in [1.165, 1.54) is 16.4 Å². The normalized spacial score (nSPS) is 21.1. The molecular weight excluding hydrogens is 319 g/mol. The number of nitrogens with two attached hydrogens (primary N) is 1. The molecule has 4 nitrogen and oxygen atoms in total. The minimum absolute atomic E-state index is 0.0122. The number of hydrogen-bond donors (Lipinski definition) is 1. The van der Waals surface area contributed by atoms with E-state index in [0.717, 1.165) is 19.3 Å². The van der Waals surface area contributed by atoms with Crippen molar-refractivity contribution in [1.29, 1.82) is 0 Å². The van der Waals surface area contributed by atoms with Gasteiger partial charge in [0.05, 0.1) is 5.02 Å². The Balaban J connectivity index is 2.49. The van der Waals surface area contributed by atoms with Crippen LogP contribution in [0.1, 0.15) is 31.7 Å². The maximum Gasteiger partial charge on any atom is 0.244 e. The third-order valence-corrected chi connectivity index (χ3v) is 6.64. The Labute approximate surface area is 129 Å². The average molecular weight is 337 g/mol. The highest BCUT2D eigenvalue weighted by Gasteiger charge is 2.33. The highest BCUT2D eigenvalue weighted by molar-refractivity contribution is 7.89. The van der Waals surface area contributed by atoms with E-state index in [2.05, 4.69) is 0 Å². The minimum atomic E-state index is -3.60. The van der Waals surface area contributed by atoms with E-state index < -0.39 is 10.0 Å². The van der Waals surface area contributed by atoms with Crippen LogP contribution < -0.4 is 5.73 Å². The molecule has 1 aromatic rings. The van der Waals surface area contributed by atoms with Gasteiger partial charge in [-0.3, -0.25) is 0 Å². The van der Waals surface area contributed by atoms with Crippen molar-refractivity contribution in [2.24, 2.45) is 5.73 Å². The average Bonchev–Trinajstić information content (AvgIpc) is 2.39. The molecule has 0 aromatic heterocycles. The molecule has 1 atom stereocenters. The monoisotopic (exact) mass is 336 g/mol. The fourth-order valence-electron chi connectivity index (χ4n) is 2.52. The van der Waals surface area contributed by atoms with Crippen LogP contribution in [0, 0.1) is 0 Å². The highest BCUT2D eigenvalue weighted by atomic mass is 35.5. The van der Waals surface area contributed by atoms with Crippen molar-refractivity contribution in [3.8, 4) is 0 Å². The molecule has 0 amide bonds. The second kappa shape index (κ2) is 6.20. The molecule has 0 bridgehead atoms. The topological polar surface area (TPSA) is 63.4 Å². The summed E-state index contributed by atoms with van der Waals surface area (Å²) in [4.78, 5) is 0.0952. The smallest absolute Gasteiger partial charge is 0.244 e. The SMILES string of the molecule is CC1CCCCN1S(=O)(=O)c1ccc(Cl)c(CN)c1Cl. The van der Waals surface area contributed by atoms with Crippen molar-refractivity contribution < 1.29 is 8.42 Å². The molecule has 2 N–H and O–H groups in total. The van der Waals surface area contributed by atoms with Gasteiger partial charge in [-0.05, 0) is 31.9 Å². The minimum Gasteiger partial charge on any atom is -0.326 e. The van der Waals surface area contributed by atoms with Crippen LogP contribution >= 0.6 is 23.2 Å². The summed E-state index contributed by atoms with van der Waals surface area (Å²) in [5.41, 5.74) is 6.06. The first-order valence-corrected chi connectivity index (χ1v) is 8.78. The Morgan fingerprint density at radius 2 is 2.05 bits per heavy atom. The lowest BCUT2D eigenvalue weighted by Gasteiger charge is -2.32. The summed E-state index contributed by atoms with van der Waals surface area (Å²) in [5.74, 6) is 0. The molecule has 1 saturated heterocycles. The second-order valence-electron chi connectivity index (χ2n) is 5.00. The van der Waals surface area contributed by atoms with Crippen LogP contribution in [0.15, 0.2) is 17.0 Å². The van der Waals surface area contributed by atoms with Crippen LogP contribution in [0.2, 0.25) is 10.0 Å². The number of benzene rings is 1. The molecule has 0 radical (unpaired) electrons. The summed E-state index contributed by atoms with van der Waals surface area (Å²) < 4.78 is 27.0. The van der Waals surface area contributed by atoms with E-state index >= 15 is 0 Å². The Kier molecular flexibility index (Phi) is 4.97. The lowest BCUT2D eigenvalue weighted by Crippen LogP contribution is -2.42. The number of piperidine rings is 1. The Hall–Kier alpha value is -0.330. The van der Waals surface area contributed by atoms with Gasteiger partial charge in [0, 0.05) is 29.7 Å². The molecule has 112 valence electrons. The summed E-state index contributed by atoms with van der Waals surface area (Å²) in [6.07, 6.45) is 2.79. The van der Waals surface area contributed by atoms with Crippen molar-refractivity contribution in [1.82, 2.24) is 4.31 Å². The van der Waals surface area contributed by atoms with Gasteiger partial charge in [0.2, 0.25) is 10.0 Å². The van der Waals surface area contributed by atoms with E-state index in [1.54, 1.807) is 0 Å². The van der Waals surface area contributed by atoms with Gasteiger partial charge in [0.15, 0.2) is 0 Å². The van der Waals surface area contributed by atoms with Crippen molar-refractivity contribution in [2.45, 2.75) is 43.7 Å². The molecule has 1 aliphatic rings. The van der Waals surface area contributed by atoms with Gasteiger partial charge in [0.25, 0.3) is 0 Å². The second-order valence-corrected chi connectivity index (χ2v) is 7.65. The third-order valence-electron chi connectivity index (χ3n) is 3.68. The third kappa shape index (κ3) is 2.83. The number of hydrogen-bond acceptors (Lipinski definition) is 3. The molecule has 1 aromatic carbocycles. The van der Waals surface area contributed by atoms with E-state index in [-0.39, 0.29) is 22.5 Å². The van der Waals surface area contributed by atoms with Gasteiger partial charge < -0.3 is 5.73 Å². The standard InChI is InChI=1S/C13H18Cl2N2O2S/c1-9-4-2-3-7-17(9)20(18,19)12-6-5-11(14)10(8-16)13(12)15/h5-6,9H,2-4,7-8,16H2,1H3. The van der Waals surface area contributed by atoms with Gasteiger partial charge in [-0.2, -0.15) is 4.31 Å². The quantitative estimate of drug-likeness (QED) is 0.922. The molecule has 0 aliphatic carbocycles. The lowest BCUT2D eigenvalue weighted by atomic mass is 10.1. The number of sulfonamides is 1. The molecule has 20 heavy (non-hydrogen) atoms. The molecule has 1 heterocycles. The van der Waals surface area contributed by atoms with Crippen LogP contribution in [0.25, 0.3) is 0 Å². The highest BCUT2D eigenvalue weighted by Crippen LogP contribution is 2.34. The molecule has 1 aliphatic heterocycles. The van der Waals surface area contributed by atoms with E-state index in [0.29, 0.717) is 17.1 Å². The van der Waals surface area contributed by atoms with Crippen molar-refractivity contribution in [3.63, 3.8) is 0 Å². The van der Waals surface area contributed by atoms with Gasteiger partial charge in [-0.1, -0.05) is 29.6 Å². The fourth-order valence-corrected chi connectivity index (χ4v) is 5.13. The predicted octanol–water partition coefficient (Wildman–Crippen LogP) is 3.02. The molecule has 1 fully saturated rings. The maximum atomic E-state index is 12.8. The Morgan fingerprint density at radius 1 is 1.35 bits per heavy atom. The first kappa shape index (κ1) is 16.0. The van der Waals surface area contributed by atoms with Crippen LogP contribution in [-0.2, 0) is 16.6 Å². The van der Waals surface area contributed by atoms with Crippen molar-refractivity contribution in [3.05, 3.63) is 27.7 Å². The zero-order chi connectivity index (χ0) is 14.9. The van der Waals surface area contributed by atoms with Crippen LogP contribution in [0.5, 0.6) is 0 Å². The van der Waals surface area contributed by atoms with Gasteiger partial charge >= 0.3 is 0 Å². The predicted molar refractivity (Wildman–Crippen MR) is 81.6 cm³/mol. The summed E-state index contributed by atoms with van der Waals surface area (Å²) in [6, 6.07) is 2.99. The molecule has 1 unspecified atom stereocenters.